The minimum Gasteiger partial charge on any atom is -0.497 e. The average molecular weight is 471 g/mol. The Morgan fingerprint density at radius 3 is 2.61 bits per heavy atom. The number of halogens is 2. The lowest BCUT2D eigenvalue weighted by Gasteiger charge is -2.32. The Morgan fingerprint density at radius 2 is 1.94 bits per heavy atom. The van der Waals surface area contributed by atoms with E-state index in [1.807, 2.05) is 0 Å². The lowest BCUT2D eigenvalue weighted by molar-refractivity contribution is -0.123. The molecule has 172 valence electrons. The van der Waals surface area contributed by atoms with Gasteiger partial charge in [0, 0.05) is 11.7 Å². The number of hydrogen-bond donors (Lipinski definition) is 1. The van der Waals surface area contributed by atoms with E-state index in [1.165, 1.54) is 36.5 Å². The van der Waals surface area contributed by atoms with Crippen molar-refractivity contribution in [2.24, 2.45) is 0 Å². The number of amides is 2. The molecule has 1 fully saturated rings. The normalized spacial score (nSPS) is 14.6. The quantitative estimate of drug-likeness (QED) is 0.493. The van der Waals surface area contributed by atoms with E-state index < -0.39 is 17.8 Å². The lowest BCUT2D eigenvalue weighted by Crippen LogP contribution is -2.46. The molecule has 0 spiro atoms. The predicted octanol–water partition coefficient (Wildman–Crippen LogP) is 5.53. The van der Waals surface area contributed by atoms with Gasteiger partial charge in [-0.2, -0.15) is 0 Å². The summed E-state index contributed by atoms with van der Waals surface area (Å²) in [5, 5.41) is 2.92. The second-order valence-electron chi connectivity index (χ2n) is 7.92. The standard InChI is InChI=1S/C25H24ClFN2O4/c1-32-19-9-4-6-16(14-19)23(24(30)28-17-7-2-3-8-17)29(25(31)22-10-5-13-33-22)18-11-12-21(27)20(26)15-18/h4-6,9-15,17,23H,2-3,7-8H2,1H3,(H,28,30)/t23-/m1/s1. The highest BCUT2D eigenvalue weighted by Crippen LogP contribution is 2.34. The van der Waals surface area contributed by atoms with Crippen LogP contribution in [0, 0.1) is 5.82 Å². The van der Waals surface area contributed by atoms with E-state index >= 15 is 0 Å². The van der Waals surface area contributed by atoms with Crippen LogP contribution in [0.1, 0.15) is 47.8 Å². The number of nitrogens with zero attached hydrogens (tertiary/aromatic N) is 1. The molecule has 1 aliphatic carbocycles. The van der Waals surface area contributed by atoms with E-state index in [2.05, 4.69) is 5.32 Å². The van der Waals surface area contributed by atoms with Crippen molar-refractivity contribution in [1.82, 2.24) is 5.32 Å². The fourth-order valence-corrected chi connectivity index (χ4v) is 4.29. The zero-order valence-corrected chi connectivity index (χ0v) is 18.8. The van der Waals surface area contributed by atoms with Crippen molar-refractivity contribution in [2.75, 3.05) is 12.0 Å². The number of hydrogen-bond acceptors (Lipinski definition) is 4. The van der Waals surface area contributed by atoms with E-state index in [0.717, 1.165) is 31.7 Å². The summed E-state index contributed by atoms with van der Waals surface area (Å²) in [6, 6.07) is 12.9. The monoisotopic (exact) mass is 470 g/mol. The molecule has 6 nitrogen and oxygen atoms in total. The second kappa shape index (κ2) is 10.1. The van der Waals surface area contributed by atoms with Gasteiger partial charge in [-0.3, -0.25) is 14.5 Å². The van der Waals surface area contributed by atoms with Gasteiger partial charge in [-0.1, -0.05) is 36.6 Å². The lowest BCUT2D eigenvalue weighted by atomic mass is 10.0. The molecule has 1 atom stereocenters. The Morgan fingerprint density at radius 1 is 1.15 bits per heavy atom. The summed E-state index contributed by atoms with van der Waals surface area (Å²) in [6.45, 7) is 0. The number of rotatable bonds is 7. The first-order valence-electron chi connectivity index (χ1n) is 10.7. The van der Waals surface area contributed by atoms with Crippen molar-refractivity contribution in [1.29, 1.82) is 0 Å². The number of methoxy groups -OCH3 is 1. The van der Waals surface area contributed by atoms with Crippen LogP contribution < -0.4 is 15.0 Å². The molecule has 1 heterocycles. The third-order valence-electron chi connectivity index (χ3n) is 5.75. The zero-order chi connectivity index (χ0) is 23.4. The Balaban J connectivity index is 1.84. The molecule has 8 heteroatoms. The molecule has 4 rings (SSSR count). The largest absolute Gasteiger partial charge is 0.497 e. The average Bonchev–Trinajstić information content (AvgIpc) is 3.53. The Kier molecular flexibility index (Phi) is 6.99. The summed E-state index contributed by atoms with van der Waals surface area (Å²) in [7, 11) is 1.53. The van der Waals surface area contributed by atoms with Gasteiger partial charge in [-0.05, 0) is 60.9 Å². The van der Waals surface area contributed by atoms with Crippen molar-refractivity contribution in [2.45, 2.75) is 37.8 Å². The predicted molar refractivity (Wildman–Crippen MR) is 123 cm³/mol. The fraction of sp³-hybridized carbons (Fsp3) is 0.280. The van der Waals surface area contributed by atoms with Crippen LogP contribution in [0.5, 0.6) is 5.75 Å². The number of nitrogens with one attached hydrogen (secondary N) is 1. The molecule has 2 aromatic carbocycles. The van der Waals surface area contributed by atoms with Gasteiger partial charge in [0.05, 0.1) is 18.4 Å². The van der Waals surface area contributed by atoms with Gasteiger partial charge in [0.1, 0.15) is 17.6 Å². The summed E-state index contributed by atoms with van der Waals surface area (Å²) in [6.07, 6.45) is 5.22. The van der Waals surface area contributed by atoms with Crippen molar-refractivity contribution in [3.8, 4) is 5.75 Å². The van der Waals surface area contributed by atoms with Gasteiger partial charge in [-0.15, -0.1) is 0 Å². The van der Waals surface area contributed by atoms with Crippen LogP contribution >= 0.6 is 11.6 Å². The molecule has 33 heavy (non-hydrogen) atoms. The highest BCUT2D eigenvalue weighted by molar-refractivity contribution is 6.31. The summed E-state index contributed by atoms with van der Waals surface area (Å²) in [4.78, 5) is 28.5. The highest BCUT2D eigenvalue weighted by atomic mass is 35.5. The van der Waals surface area contributed by atoms with Gasteiger partial charge in [0.15, 0.2) is 5.76 Å². The number of carbonyl (C=O) groups excluding carboxylic acids is 2. The molecule has 1 aromatic heterocycles. The van der Waals surface area contributed by atoms with Crippen LogP contribution in [0.3, 0.4) is 0 Å². The second-order valence-corrected chi connectivity index (χ2v) is 8.33. The van der Waals surface area contributed by atoms with E-state index in [4.69, 9.17) is 20.8 Å². The number of carbonyl (C=O) groups is 2. The third kappa shape index (κ3) is 5.03. The maximum Gasteiger partial charge on any atom is 0.294 e. The van der Waals surface area contributed by atoms with Gasteiger partial charge in [-0.25, -0.2) is 4.39 Å². The summed E-state index contributed by atoms with van der Waals surface area (Å²) >= 11 is 6.05. The third-order valence-corrected chi connectivity index (χ3v) is 6.04. The Bertz CT molecular complexity index is 1130. The molecule has 1 N–H and O–H groups in total. The van der Waals surface area contributed by atoms with E-state index in [0.29, 0.717) is 11.3 Å². The molecular formula is C25H24ClFN2O4. The summed E-state index contributed by atoms with van der Waals surface area (Å²) in [5.41, 5.74) is 0.794. The summed E-state index contributed by atoms with van der Waals surface area (Å²) < 4.78 is 24.6. The fourth-order valence-electron chi connectivity index (χ4n) is 4.12. The van der Waals surface area contributed by atoms with Crippen molar-refractivity contribution < 1.29 is 23.1 Å². The molecule has 0 saturated heterocycles. The van der Waals surface area contributed by atoms with Crippen molar-refractivity contribution in [3.63, 3.8) is 0 Å². The Hall–Kier alpha value is -3.32. The molecule has 0 bridgehead atoms. The van der Waals surface area contributed by atoms with Gasteiger partial charge < -0.3 is 14.5 Å². The molecule has 1 saturated carbocycles. The SMILES string of the molecule is COc1cccc([C@H](C(=O)NC2CCCC2)N(C(=O)c2ccco2)c2ccc(F)c(Cl)c2)c1. The maximum atomic E-state index is 13.9. The van der Waals surface area contributed by atoms with E-state index in [-0.39, 0.29) is 28.4 Å². The van der Waals surface area contributed by atoms with Crippen LogP contribution in [-0.4, -0.2) is 25.0 Å². The first-order valence-corrected chi connectivity index (χ1v) is 11.1. The molecular weight excluding hydrogens is 447 g/mol. The number of ether oxygens (including phenoxy) is 1. The topological polar surface area (TPSA) is 71.8 Å². The first-order chi connectivity index (χ1) is 16.0. The molecule has 3 aromatic rings. The van der Waals surface area contributed by atoms with E-state index in [9.17, 15) is 14.0 Å². The van der Waals surface area contributed by atoms with Crippen LogP contribution in [0.4, 0.5) is 10.1 Å². The molecule has 2 amide bonds. The molecule has 0 unspecified atom stereocenters. The number of anilines is 1. The minimum absolute atomic E-state index is 0.0305. The minimum atomic E-state index is -1.07. The maximum absolute atomic E-state index is 13.9. The van der Waals surface area contributed by atoms with Crippen molar-refractivity contribution in [3.05, 3.63) is 83.0 Å². The van der Waals surface area contributed by atoms with Crippen LogP contribution in [-0.2, 0) is 4.79 Å². The molecule has 0 aliphatic heterocycles. The van der Waals surface area contributed by atoms with Gasteiger partial charge >= 0.3 is 0 Å². The zero-order valence-electron chi connectivity index (χ0n) is 18.1. The number of benzene rings is 2. The molecule has 1 aliphatic rings. The smallest absolute Gasteiger partial charge is 0.294 e. The van der Waals surface area contributed by atoms with Gasteiger partial charge in [0.2, 0.25) is 5.91 Å². The van der Waals surface area contributed by atoms with E-state index in [1.54, 1.807) is 30.3 Å². The summed E-state index contributed by atoms with van der Waals surface area (Å²) in [5.74, 6) is -0.961. The van der Waals surface area contributed by atoms with Gasteiger partial charge in [0.25, 0.3) is 5.91 Å². The van der Waals surface area contributed by atoms with Crippen molar-refractivity contribution >= 4 is 29.1 Å². The van der Waals surface area contributed by atoms with Crippen LogP contribution in [0.2, 0.25) is 5.02 Å². The first kappa shape index (κ1) is 22.9. The highest BCUT2D eigenvalue weighted by Gasteiger charge is 2.36. The number of furan rings is 1. The Labute approximate surface area is 196 Å². The van der Waals surface area contributed by atoms with Crippen LogP contribution in [0.25, 0.3) is 0 Å². The van der Waals surface area contributed by atoms with Crippen LogP contribution in [0.15, 0.2) is 65.3 Å². The molecule has 0 radical (unpaired) electrons.